The molecule has 100 valence electrons. The minimum atomic E-state index is 0.337. The van der Waals surface area contributed by atoms with Crippen LogP contribution in [0.15, 0.2) is 30.6 Å². The molecule has 0 saturated carbocycles. The summed E-state index contributed by atoms with van der Waals surface area (Å²) >= 11 is 0. The maximum absolute atomic E-state index is 5.74. The van der Waals surface area contributed by atoms with Crippen molar-refractivity contribution < 1.29 is 4.74 Å². The standard InChI is InChI=1S/C14H18N4O/c1-3-10-6-4-5-7-11(10)8-16-14-12(19-2)13(15)17-9-18-14/h4-7,9H,3,8H2,1-2H3,(H3,15,16,17,18). The van der Waals surface area contributed by atoms with Gasteiger partial charge in [-0.3, -0.25) is 0 Å². The number of rotatable bonds is 5. The van der Waals surface area contributed by atoms with Crippen molar-refractivity contribution in [3.05, 3.63) is 41.7 Å². The fourth-order valence-electron chi connectivity index (χ4n) is 1.97. The van der Waals surface area contributed by atoms with E-state index < -0.39 is 0 Å². The summed E-state index contributed by atoms with van der Waals surface area (Å²) in [6.45, 7) is 2.82. The minimum Gasteiger partial charge on any atom is -0.490 e. The SMILES string of the molecule is CCc1ccccc1CNc1ncnc(N)c1OC. The number of aromatic nitrogens is 2. The first-order valence-electron chi connectivity index (χ1n) is 6.21. The number of hydrogen-bond acceptors (Lipinski definition) is 5. The first-order valence-corrected chi connectivity index (χ1v) is 6.21. The summed E-state index contributed by atoms with van der Waals surface area (Å²) in [6.07, 6.45) is 2.42. The Balaban J connectivity index is 2.17. The first kappa shape index (κ1) is 13.1. The molecule has 0 amide bonds. The molecule has 1 heterocycles. The fourth-order valence-corrected chi connectivity index (χ4v) is 1.97. The van der Waals surface area contributed by atoms with Gasteiger partial charge in [0.25, 0.3) is 0 Å². The average Bonchev–Trinajstić information content (AvgIpc) is 2.45. The molecule has 5 nitrogen and oxygen atoms in total. The van der Waals surface area contributed by atoms with E-state index in [-0.39, 0.29) is 0 Å². The van der Waals surface area contributed by atoms with E-state index in [4.69, 9.17) is 10.5 Å². The number of aryl methyl sites for hydroxylation is 1. The Morgan fingerprint density at radius 3 is 2.63 bits per heavy atom. The highest BCUT2D eigenvalue weighted by atomic mass is 16.5. The zero-order valence-electron chi connectivity index (χ0n) is 11.2. The maximum atomic E-state index is 5.74. The van der Waals surface area contributed by atoms with Crippen LogP contribution in [0.3, 0.4) is 0 Å². The lowest BCUT2D eigenvalue weighted by Gasteiger charge is -2.12. The highest BCUT2D eigenvalue weighted by Gasteiger charge is 2.09. The van der Waals surface area contributed by atoms with E-state index in [2.05, 4.69) is 34.3 Å². The predicted octanol–water partition coefficient (Wildman–Crippen LogP) is 2.24. The van der Waals surface area contributed by atoms with Crippen molar-refractivity contribution in [3.63, 3.8) is 0 Å². The van der Waals surface area contributed by atoms with E-state index in [1.807, 2.05) is 12.1 Å². The van der Waals surface area contributed by atoms with Crippen molar-refractivity contribution in [2.24, 2.45) is 0 Å². The lowest BCUT2D eigenvalue weighted by Crippen LogP contribution is -2.07. The largest absolute Gasteiger partial charge is 0.490 e. The smallest absolute Gasteiger partial charge is 0.203 e. The summed E-state index contributed by atoms with van der Waals surface area (Å²) in [5, 5.41) is 3.24. The van der Waals surface area contributed by atoms with Crippen LogP contribution in [-0.4, -0.2) is 17.1 Å². The van der Waals surface area contributed by atoms with E-state index in [9.17, 15) is 0 Å². The van der Waals surface area contributed by atoms with E-state index >= 15 is 0 Å². The molecule has 1 aromatic carbocycles. The van der Waals surface area contributed by atoms with Gasteiger partial charge in [0.2, 0.25) is 5.75 Å². The molecule has 0 aliphatic carbocycles. The molecule has 0 unspecified atom stereocenters. The second-order valence-corrected chi connectivity index (χ2v) is 4.12. The highest BCUT2D eigenvalue weighted by molar-refractivity contribution is 5.61. The van der Waals surface area contributed by atoms with Crippen molar-refractivity contribution >= 4 is 11.6 Å². The molecular weight excluding hydrogens is 240 g/mol. The molecule has 0 atom stereocenters. The molecule has 0 radical (unpaired) electrons. The molecule has 0 fully saturated rings. The summed E-state index contributed by atoms with van der Waals surface area (Å²) in [5.41, 5.74) is 8.30. The summed E-state index contributed by atoms with van der Waals surface area (Å²) in [4.78, 5) is 8.05. The lowest BCUT2D eigenvalue weighted by atomic mass is 10.1. The third-order valence-electron chi connectivity index (χ3n) is 2.98. The Hall–Kier alpha value is -2.30. The Morgan fingerprint density at radius 1 is 1.21 bits per heavy atom. The van der Waals surface area contributed by atoms with Gasteiger partial charge < -0.3 is 15.8 Å². The highest BCUT2D eigenvalue weighted by Crippen LogP contribution is 2.26. The second-order valence-electron chi connectivity index (χ2n) is 4.12. The molecule has 3 N–H and O–H groups in total. The number of methoxy groups -OCH3 is 1. The van der Waals surface area contributed by atoms with Crippen molar-refractivity contribution in [1.82, 2.24) is 9.97 Å². The van der Waals surface area contributed by atoms with Gasteiger partial charge in [0.05, 0.1) is 7.11 Å². The van der Waals surface area contributed by atoms with Crippen molar-refractivity contribution in [1.29, 1.82) is 0 Å². The zero-order chi connectivity index (χ0) is 13.7. The van der Waals surface area contributed by atoms with Crippen LogP contribution in [-0.2, 0) is 13.0 Å². The zero-order valence-corrected chi connectivity index (χ0v) is 11.2. The molecule has 19 heavy (non-hydrogen) atoms. The second kappa shape index (κ2) is 6.04. The Morgan fingerprint density at radius 2 is 1.95 bits per heavy atom. The normalized spacial score (nSPS) is 10.2. The van der Waals surface area contributed by atoms with Gasteiger partial charge in [0.1, 0.15) is 6.33 Å². The monoisotopic (exact) mass is 258 g/mol. The Labute approximate surface area is 112 Å². The van der Waals surface area contributed by atoms with Gasteiger partial charge in [-0.2, -0.15) is 0 Å². The number of anilines is 2. The molecular formula is C14H18N4O. The van der Waals surface area contributed by atoms with Gasteiger partial charge in [0, 0.05) is 6.54 Å². The summed E-state index contributed by atoms with van der Waals surface area (Å²) in [7, 11) is 1.56. The van der Waals surface area contributed by atoms with Crippen LogP contribution in [0.5, 0.6) is 5.75 Å². The number of hydrogen-bond donors (Lipinski definition) is 2. The van der Waals surface area contributed by atoms with Crippen LogP contribution < -0.4 is 15.8 Å². The van der Waals surface area contributed by atoms with Crippen LogP contribution >= 0.6 is 0 Å². The number of nitrogens with two attached hydrogens (primary N) is 1. The molecule has 2 rings (SSSR count). The molecule has 0 aliphatic rings. The molecule has 0 bridgehead atoms. The van der Waals surface area contributed by atoms with Gasteiger partial charge in [-0.25, -0.2) is 9.97 Å². The third-order valence-corrected chi connectivity index (χ3v) is 2.98. The number of ether oxygens (including phenoxy) is 1. The Kier molecular flexibility index (Phi) is 4.18. The van der Waals surface area contributed by atoms with Gasteiger partial charge in [-0.15, -0.1) is 0 Å². The third kappa shape index (κ3) is 2.93. The van der Waals surface area contributed by atoms with Crippen molar-refractivity contribution in [2.45, 2.75) is 19.9 Å². The van der Waals surface area contributed by atoms with Crippen LogP contribution in [0.1, 0.15) is 18.1 Å². The maximum Gasteiger partial charge on any atom is 0.203 e. The molecule has 2 aromatic rings. The van der Waals surface area contributed by atoms with Crippen molar-refractivity contribution in [2.75, 3.05) is 18.2 Å². The van der Waals surface area contributed by atoms with Gasteiger partial charge in [0.15, 0.2) is 11.6 Å². The van der Waals surface area contributed by atoms with Gasteiger partial charge in [-0.05, 0) is 17.5 Å². The Bertz CT molecular complexity index is 557. The van der Waals surface area contributed by atoms with Crippen LogP contribution in [0, 0.1) is 0 Å². The van der Waals surface area contributed by atoms with Gasteiger partial charge in [-0.1, -0.05) is 31.2 Å². The van der Waals surface area contributed by atoms with E-state index in [0.29, 0.717) is 23.9 Å². The van der Waals surface area contributed by atoms with E-state index in [1.165, 1.54) is 17.5 Å². The van der Waals surface area contributed by atoms with Crippen LogP contribution in [0.2, 0.25) is 0 Å². The number of nitrogens with one attached hydrogen (secondary N) is 1. The van der Waals surface area contributed by atoms with E-state index in [0.717, 1.165) is 6.42 Å². The fraction of sp³-hybridized carbons (Fsp3) is 0.286. The number of nitrogens with zero attached hydrogens (tertiary/aromatic N) is 2. The molecule has 1 aromatic heterocycles. The molecule has 0 spiro atoms. The van der Waals surface area contributed by atoms with Gasteiger partial charge >= 0.3 is 0 Å². The lowest BCUT2D eigenvalue weighted by molar-refractivity contribution is 0.415. The minimum absolute atomic E-state index is 0.337. The average molecular weight is 258 g/mol. The topological polar surface area (TPSA) is 73.1 Å². The summed E-state index contributed by atoms with van der Waals surface area (Å²) < 4.78 is 5.21. The van der Waals surface area contributed by atoms with E-state index in [1.54, 1.807) is 7.11 Å². The number of benzene rings is 1. The van der Waals surface area contributed by atoms with Crippen LogP contribution in [0.4, 0.5) is 11.6 Å². The first-order chi connectivity index (χ1) is 9.26. The molecule has 0 saturated heterocycles. The predicted molar refractivity (Wildman–Crippen MR) is 76.1 cm³/mol. The molecule has 5 heteroatoms. The van der Waals surface area contributed by atoms with Crippen molar-refractivity contribution in [3.8, 4) is 5.75 Å². The number of nitrogen functional groups attached to an aromatic ring is 1. The quantitative estimate of drug-likeness (QED) is 0.860. The summed E-state index contributed by atoms with van der Waals surface area (Å²) in [6, 6.07) is 8.30. The molecule has 0 aliphatic heterocycles. The van der Waals surface area contributed by atoms with Crippen LogP contribution in [0.25, 0.3) is 0 Å². The summed E-state index contributed by atoms with van der Waals surface area (Å²) in [5.74, 6) is 1.43.